The number of anilines is 1. The lowest BCUT2D eigenvalue weighted by molar-refractivity contribution is 0.0602. The fourth-order valence-electron chi connectivity index (χ4n) is 1.90. The number of phenolic OH excluding ortho intramolecular Hbond substituents is 1. The monoisotopic (exact) mass is 285 g/mol. The molecule has 0 aliphatic carbocycles. The second kappa shape index (κ2) is 6.09. The van der Waals surface area contributed by atoms with Crippen LogP contribution in [0.25, 0.3) is 0 Å². The number of carbonyl (C=O) groups is 2. The minimum Gasteiger partial charge on any atom is -0.507 e. The van der Waals surface area contributed by atoms with Crippen LogP contribution in [0.5, 0.6) is 5.75 Å². The molecule has 0 spiro atoms. The number of aromatic hydroxyl groups is 1. The number of methoxy groups -OCH3 is 1. The Hall–Kier alpha value is -2.82. The first-order valence-corrected chi connectivity index (χ1v) is 6.31. The van der Waals surface area contributed by atoms with Gasteiger partial charge in [0.1, 0.15) is 5.75 Å². The molecule has 0 saturated heterocycles. The number of hydrogen-bond donors (Lipinski definition) is 2. The summed E-state index contributed by atoms with van der Waals surface area (Å²) < 4.78 is 4.67. The van der Waals surface area contributed by atoms with E-state index in [1.165, 1.54) is 13.2 Å². The van der Waals surface area contributed by atoms with Gasteiger partial charge < -0.3 is 15.2 Å². The molecular formula is C16H15NO4. The summed E-state index contributed by atoms with van der Waals surface area (Å²) in [4.78, 5) is 23.9. The van der Waals surface area contributed by atoms with Gasteiger partial charge in [-0.2, -0.15) is 0 Å². The molecule has 0 unspecified atom stereocenters. The third-order valence-corrected chi connectivity index (χ3v) is 2.98. The number of aryl methyl sites for hydroxylation is 1. The zero-order chi connectivity index (χ0) is 15.4. The van der Waals surface area contributed by atoms with Crippen LogP contribution in [0.4, 0.5) is 5.69 Å². The smallest absolute Gasteiger partial charge is 0.339 e. The molecule has 1 amide bonds. The number of phenols is 1. The van der Waals surface area contributed by atoms with Crippen molar-refractivity contribution in [2.24, 2.45) is 0 Å². The van der Waals surface area contributed by atoms with Crippen molar-refractivity contribution in [3.05, 3.63) is 59.2 Å². The van der Waals surface area contributed by atoms with Gasteiger partial charge in [0.25, 0.3) is 5.91 Å². The van der Waals surface area contributed by atoms with Gasteiger partial charge in [0.05, 0.1) is 23.9 Å². The van der Waals surface area contributed by atoms with Crippen LogP contribution in [0.15, 0.2) is 42.5 Å². The van der Waals surface area contributed by atoms with Crippen molar-refractivity contribution < 1.29 is 19.4 Å². The van der Waals surface area contributed by atoms with Crippen LogP contribution >= 0.6 is 0 Å². The molecule has 0 aliphatic rings. The van der Waals surface area contributed by atoms with E-state index in [4.69, 9.17) is 0 Å². The number of nitrogens with one attached hydrogen (secondary N) is 1. The van der Waals surface area contributed by atoms with Crippen LogP contribution in [-0.2, 0) is 4.74 Å². The number of hydrogen-bond acceptors (Lipinski definition) is 4. The molecule has 5 nitrogen and oxygen atoms in total. The van der Waals surface area contributed by atoms with Crippen molar-refractivity contribution in [2.75, 3.05) is 12.4 Å². The molecular weight excluding hydrogens is 270 g/mol. The molecule has 0 aliphatic heterocycles. The summed E-state index contributed by atoms with van der Waals surface area (Å²) in [6.07, 6.45) is 0. The molecule has 108 valence electrons. The second-order valence-electron chi connectivity index (χ2n) is 4.51. The van der Waals surface area contributed by atoms with Crippen molar-refractivity contribution in [1.29, 1.82) is 0 Å². The predicted octanol–water partition coefficient (Wildman–Crippen LogP) is 2.74. The molecule has 0 aromatic heterocycles. The average molecular weight is 285 g/mol. The second-order valence-corrected chi connectivity index (χ2v) is 4.51. The molecule has 2 aromatic rings. The van der Waals surface area contributed by atoms with Crippen molar-refractivity contribution in [3.8, 4) is 5.75 Å². The van der Waals surface area contributed by atoms with Gasteiger partial charge in [-0.05, 0) is 31.2 Å². The van der Waals surface area contributed by atoms with Crippen molar-refractivity contribution in [3.63, 3.8) is 0 Å². The maximum atomic E-state index is 12.2. The topological polar surface area (TPSA) is 75.6 Å². The number of para-hydroxylation sites is 1. The van der Waals surface area contributed by atoms with E-state index in [0.29, 0.717) is 5.69 Å². The molecule has 0 bridgehead atoms. The summed E-state index contributed by atoms with van der Waals surface area (Å²) in [5.41, 5.74) is 1.57. The predicted molar refractivity (Wildman–Crippen MR) is 78.6 cm³/mol. The maximum absolute atomic E-state index is 12.2. The Bertz CT molecular complexity index is 694. The largest absolute Gasteiger partial charge is 0.507 e. The highest BCUT2D eigenvalue weighted by Crippen LogP contribution is 2.22. The van der Waals surface area contributed by atoms with Crippen LogP contribution in [0.2, 0.25) is 0 Å². The standard InChI is InChI=1S/C16H15NO4/c1-10-7-8-14(18)12(9-10)15(19)17-13-6-4-3-5-11(13)16(20)21-2/h3-9,18H,1-2H3,(H,17,19). The zero-order valence-electron chi connectivity index (χ0n) is 11.7. The lowest BCUT2D eigenvalue weighted by Crippen LogP contribution is -2.15. The Balaban J connectivity index is 2.32. The van der Waals surface area contributed by atoms with E-state index in [1.807, 2.05) is 6.92 Å². The van der Waals surface area contributed by atoms with E-state index in [0.717, 1.165) is 5.56 Å². The van der Waals surface area contributed by atoms with Crippen molar-refractivity contribution in [2.45, 2.75) is 6.92 Å². The Morgan fingerprint density at radius 3 is 2.52 bits per heavy atom. The highest BCUT2D eigenvalue weighted by atomic mass is 16.5. The van der Waals surface area contributed by atoms with Gasteiger partial charge in [0.15, 0.2) is 0 Å². The lowest BCUT2D eigenvalue weighted by atomic mass is 10.1. The third kappa shape index (κ3) is 3.20. The first-order chi connectivity index (χ1) is 10.0. The van der Waals surface area contributed by atoms with Crippen molar-refractivity contribution >= 4 is 17.6 Å². The van der Waals surface area contributed by atoms with Gasteiger partial charge in [0.2, 0.25) is 0 Å². The Morgan fingerprint density at radius 1 is 1.10 bits per heavy atom. The van der Waals surface area contributed by atoms with E-state index >= 15 is 0 Å². The van der Waals surface area contributed by atoms with Crippen LogP contribution < -0.4 is 5.32 Å². The van der Waals surface area contributed by atoms with Gasteiger partial charge in [-0.25, -0.2) is 4.79 Å². The summed E-state index contributed by atoms with van der Waals surface area (Å²) in [6, 6.07) is 11.2. The SMILES string of the molecule is COC(=O)c1ccccc1NC(=O)c1cc(C)ccc1O. The number of ether oxygens (including phenoxy) is 1. The highest BCUT2D eigenvalue weighted by Gasteiger charge is 2.16. The Kier molecular flexibility index (Phi) is 4.23. The Morgan fingerprint density at radius 2 is 1.81 bits per heavy atom. The molecule has 0 fully saturated rings. The van der Waals surface area contributed by atoms with E-state index in [9.17, 15) is 14.7 Å². The fourth-order valence-corrected chi connectivity index (χ4v) is 1.90. The van der Waals surface area contributed by atoms with Gasteiger partial charge in [-0.3, -0.25) is 4.79 Å². The summed E-state index contributed by atoms with van der Waals surface area (Å²) in [7, 11) is 1.27. The van der Waals surface area contributed by atoms with E-state index < -0.39 is 11.9 Å². The molecule has 0 atom stereocenters. The normalized spacial score (nSPS) is 10.0. The number of rotatable bonds is 3. The van der Waals surface area contributed by atoms with E-state index in [2.05, 4.69) is 10.1 Å². The third-order valence-electron chi connectivity index (χ3n) is 2.98. The minimum absolute atomic E-state index is 0.117. The Labute approximate surface area is 122 Å². The van der Waals surface area contributed by atoms with Crippen molar-refractivity contribution in [1.82, 2.24) is 0 Å². The number of carbonyl (C=O) groups excluding carboxylic acids is 2. The first kappa shape index (κ1) is 14.6. The minimum atomic E-state index is -0.542. The van der Waals surface area contributed by atoms with Gasteiger partial charge in [0, 0.05) is 0 Å². The van der Waals surface area contributed by atoms with Crippen LogP contribution in [0, 0.1) is 6.92 Å². The quantitative estimate of drug-likeness (QED) is 0.850. The molecule has 21 heavy (non-hydrogen) atoms. The van der Waals surface area contributed by atoms with Gasteiger partial charge in [-0.15, -0.1) is 0 Å². The fraction of sp³-hybridized carbons (Fsp3) is 0.125. The molecule has 2 aromatic carbocycles. The maximum Gasteiger partial charge on any atom is 0.339 e. The first-order valence-electron chi connectivity index (χ1n) is 6.31. The van der Waals surface area contributed by atoms with Crippen LogP contribution in [0.3, 0.4) is 0 Å². The van der Waals surface area contributed by atoms with Gasteiger partial charge in [-0.1, -0.05) is 23.8 Å². The summed E-state index contributed by atoms with van der Waals surface area (Å²) in [5, 5.41) is 12.4. The number of esters is 1. The average Bonchev–Trinajstić information content (AvgIpc) is 2.49. The zero-order valence-corrected chi connectivity index (χ0v) is 11.7. The molecule has 0 radical (unpaired) electrons. The molecule has 2 rings (SSSR count). The highest BCUT2D eigenvalue weighted by molar-refractivity contribution is 6.09. The molecule has 0 heterocycles. The molecule has 2 N–H and O–H groups in total. The molecule has 5 heteroatoms. The van der Waals surface area contributed by atoms with Gasteiger partial charge >= 0.3 is 5.97 Å². The van der Waals surface area contributed by atoms with E-state index in [-0.39, 0.29) is 16.9 Å². The summed E-state index contributed by atoms with van der Waals surface area (Å²) in [6.45, 7) is 1.82. The summed E-state index contributed by atoms with van der Waals surface area (Å²) in [5.74, 6) is -1.15. The van der Waals surface area contributed by atoms with E-state index in [1.54, 1.807) is 36.4 Å². The number of benzene rings is 2. The van der Waals surface area contributed by atoms with Crippen LogP contribution in [0.1, 0.15) is 26.3 Å². The lowest BCUT2D eigenvalue weighted by Gasteiger charge is -2.10. The molecule has 0 saturated carbocycles. The number of amides is 1. The summed E-state index contributed by atoms with van der Waals surface area (Å²) >= 11 is 0. The van der Waals surface area contributed by atoms with Crippen LogP contribution in [-0.4, -0.2) is 24.1 Å².